The fourth-order valence-electron chi connectivity index (χ4n) is 4.55. The average Bonchev–Trinajstić information content (AvgIpc) is 2.87. The van der Waals surface area contributed by atoms with Gasteiger partial charge in [-0.3, -0.25) is 14.7 Å². The van der Waals surface area contributed by atoms with Crippen molar-refractivity contribution in [2.24, 2.45) is 11.3 Å². The standard InChI is InChI=1S/C21H33N3O2/c1-15(2)12-24-14-21(10-19(24)25)6-8-23(9-7-21)13-18-17(4)20(26-5)16(3)11-22-18/h11,15H,6-10,12-14H2,1-5H3. The Bertz CT molecular complexity index is 663. The van der Waals surface area contributed by atoms with E-state index in [1.165, 1.54) is 0 Å². The van der Waals surface area contributed by atoms with Crippen molar-refractivity contribution in [3.05, 3.63) is 23.0 Å². The van der Waals surface area contributed by atoms with Crippen LogP contribution in [0, 0.1) is 25.2 Å². The van der Waals surface area contributed by atoms with Gasteiger partial charge in [-0.05, 0) is 51.1 Å². The van der Waals surface area contributed by atoms with Gasteiger partial charge in [-0.1, -0.05) is 13.8 Å². The van der Waals surface area contributed by atoms with Gasteiger partial charge in [-0.25, -0.2) is 0 Å². The molecular weight excluding hydrogens is 326 g/mol. The molecule has 0 atom stereocenters. The maximum absolute atomic E-state index is 12.4. The van der Waals surface area contributed by atoms with Crippen LogP contribution in [0.15, 0.2) is 6.20 Å². The maximum atomic E-state index is 12.4. The topological polar surface area (TPSA) is 45.7 Å². The molecule has 0 bridgehead atoms. The number of nitrogens with zero attached hydrogens (tertiary/aromatic N) is 3. The summed E-state index contributed by atoms with van der Waals surface area (Å²) in [5.74, 6) is 1.85. The van der Waals surface area contributed by atoms with E-state index in [9.17, 15) is 4.79 Å². The van der Waals surface area contributed by atoms with Crippen molar-refractivity contribution in [3.63, 3.8) is 0 Å². The van der Waals surface area contributed by atoms with Crippen LogP contribution in [0.4, 0.5) is 0 Å². The van der Waals surface area contributed by atoms with Gasteiger partial charge in [0.25, 0.3) is 0 Å². The quantitative estimate of drug-likeness (QED) is 0.810. The number of hydrogen-bond acceptors (Lipinski definition) is 4. The molecule has 0 radical (unpaired) electrons. The minimum Gasteiger partial charge on any atom is -0.496 e. The number of aryl methyl sites for hydroxylation is 1. The monoisotopic (exact) mass is 359 g/mol. The van der Waals surface area contributed by atoms with E-state index in [0.717, 1.165) is 74.6 Å². The molecule has 26 heavy (non-hydrogen) atoms. The van der Waals surface area contributed by atoms with Crippen molar-refractivity contribution < 1.29 is 9.53 Å². The predicted octanol–water partition coefficient (Wildman–Crippen LogP) is 3.18. The summed E-state index contributed by atoms with van der Waals surface area (Å²) in [6.45, 7) is 13.3. The van der Waals surface area contributed by atoms with Gasteiger partial charge in [0.2, 0.25) is 5.91 Å². The van der Waals surface area contributed by atoms with Crippen LogP contribution in [0.1, 0.15) is 49.9 Å². The number of carbonyl (C=O) groups excluding carboxylic acids is 1. The highest BCUT2D eigenvalue weighted by Crippen LogP contribution is 2.41. The molecular formula is C21H33N3O2. The maximum Gasteiger partial charge on any atom is 0.223 e. The fraction of sp³-hybridized carbons (Fsp3) is 0.714. The minimum absolute atomic E-state index is 0.204. The van der Waals surface area contributed by atoms with Crippen LogP contribution in [0.25, 0.3) is 0 Å². The molecule has 1 aromatic rings. The van der Waals surface area contributed by atoms with Crippen molar-refractivity contribution in [3.8, 4) is 5.75 Å². The first-order valence-corrected chi connectivity index (χ1v) is 9.83. The van der Waals surface area contributed by atoms with E-state index in [1.54, 1.807) is 7.11 Å². The molecule has 2 saturated heterocycles. The summed E-state index contributed by atoms with van der Waals surface area (Å²) in [5.41, 5.74) is 3.54. The first-order valence-electron chi connectivity index (χ1n) is 9.83. The lowest BCUT2D eigenvalue weighted by Crippen LogP contribution is -2.41. The molecule has 1 aromatic heterocycles. The third kappa shape index (κ3) is 3.88. The molecule has 0 aromatic carbocycles. The number of rotatable bonds is 5. The summed E-state index contributed by atoms with van der Waals surface area (Å²) < 4.78 is 5.54. The van der Waals surface area contributed by atoms with E-state index >= 15 is 0 Å². The zero-order valence-electron chi connectivity index (χ0n) is 17.0. The molecule has 0 saturated carbocycles. The van der Waals surface area contributed by atoms with Gasteiger partial charge < -0.3 is 9.64 Å². The molecule has 3 rings (SSSR count). The van der Waals surface area contributed by atoms with Crippen LogP contribution in [0.3, 0.4) is 0 Å². The van der Waals surface area contributed by atoms with Gasteiger partial charge in [0.05, 0.1) is 12.8 Å². The lowest BCUT2D eigenvalue weighted by molar-refractivity contribution is -0.128. The summed E-state index contributed by atoms with van der Waals surface area (Å²) in [4.78, 5) is 21.6. The smallest absolute Gasteiger partial charge is 0.223 e. The van der Waals surface area contributed by atoms with E-state index in [4.69, 9.17) is 4.74 Å². The van der Waals surface area contributed by atoms with Gasteiger partial charge >= 0.3 is 0 Å². The highest BCUT2D eigenvalue weighted by atomic mass is 16.5. The van der Waals surface area contributed by atoms with Crippen LogP contribution in [-0.4, -0.2) is 54.0 Å². The van der Waals surface area contributed by atoms with Crippen molar-refractivity contribution in [2.45, 2.75) is 53.5 Å². The second kappa shape index (κ2) is 7.55. The van der Waals surface area contributed by atoms with Crippen LogP contribution in [0.5, 0.6) is 5.75 Å². The number of ether oxygens (including phenoxy) is 1. The third-order valence-corrected chi connectivity index (χ3v) is 6.03. The number of likely N-dealkylation sites (tertiary alicyclic amines) is 2. The molecule has 5 nitrogen and oxygen atoms in total. The van der Waals surface area contributed by atoms with Crippen molar-refractivity contribution in [1.29, 1.82) is 0 Å². The molecule has 3 heterocycles. The van der Waals surface area contributed by atoms with Crippen LogP contribution in [0.2, 0.25) is 0 Å². The lowest BCUT2D eigenvalue weighted by atomic mass is 9.77. The van der Waals surface area contributed by atoms with E-state index in [2.05, 4.69) is 35.6 Å². The number of methoxy groups -OCH3 is 1. The Hall–Kier alpha value is -1.62. The fourth-order valence-corrected chi connectivity index (χ4v) is 4.55. The molecule has 1 spiro atoms. The van der Waals surface area contributed by atoms with E-state index in [0.29, 0.717) is 11.8 Å². The number of piperidine rings is 1. The molecule has 144 valence electrons. The Morgan fingerprint density at radius 3 is 2.58 bits per heavy atom. The largest absolute Gasteiger partial charge is 0.496 e. The van der Waals surface area contributed by atoms with E-state index in [1.807, 2.05) is 13.1 Å². The number of aromatic nitrogens is 1. The Morgan fingerprint density at radius 2 is 1.96 bits per heavy atom. The van der Waals surface area contributed by atoms with Gasteiger partial charge in [0.15, 0.2) is 0 Å². The lowest BCUT2D eigenvalue weighted by Gasteiger charge is -2.39. The Balaban J connectivity index is 1.61. The summed E-state index contributed by atoms with van der Waals surface area (Å²) >= 11 is 0. The second-order valence-electron chi connectivity index (χ2n) is 8.67. The molecule has 1 amide bonds. The highest BCUT2D eigenvalue weighted by Gasteiger charge is 2.44. The molecule has 2 aliphatic heterocycles. The minimum atomic E-state index is 0.204. The van der Waals surface area contributed by atoms with Crippen molar-refractivity contribution in [1.82, 2.24) is 14.8 Å². The average molecular weight is 360 g/mol. The summed E-state index contributed by atoms with van der Waals surface area (Å²) in [6.07, 6.45) is 4.86. The SMILES string of the molecule is COc1c(C)cnc(CN2CCC3(CC2)CC(=O)N(CC(C)C)C3)c1C. The zero-order valence-corrected chi connectivity index (χ0v) is 17.0. The second-order valence-corrected chi connectivity index (χ2v) is 8.67. The highest BCUT2D eigenvalue weighted by molar-refractivity contribution is 5.79. The molecule has 0 aliphatic carbocycles. The van der Waals surface area contributed by atoms with Gasteiger partial charge in [-0.2, -0.15) is 0 Å². The number of amides is 1. The van der Waals surface area contributed by atoms with Crippen LogP contribution in [-0.2, 0) is 11.3 Å². The van der Waals surface area contributed by atoms with E-state index < -0.39 is 0 Å². The number of hydrogen-bond donors (Lipinski definition) is 0. The number of carbonyl (C=O) groups is 1. The van der Waals surface area contributed by atoms with E-state index in [-0.39, 0.29) is 5.41 Å². The first-order chi connectivity index (χ1) is 12.3. The van der Waals surface area contributed by atoms with Gasteiger partial charge in [0.1, 0.15) is 5.75 Å². The first kappa shape index (κ1) is 19.2. The van der Waals surface area contributed by atoms with Crippen molar-refractivity contribution >= 4 is 5.91 Å². The van der Waals surface area contributed by atoms with Gasteiger partial charge in [0, 0.05) is 43.4 Å². The molecule has 0 N–H and O–H groups in total. The Labute approximate surface area is 157 Å². The summed E-state index contributed by atoms with van der Waals surface area (Å²) in [6, 6.07) is 0. The number of pyridine rings is 1. The van der Waals surface area contributed by atoms with Crippen LogP contribution < -0.4 is 4.74 Å². The predicted molar refractivity (Wildman–Crippen MR) is 103 cm³/mol. The molecule has 0 unspecified atom stereocenters. The molecule has 2 fully saturated rings. The zero-order chi connectivity index (χ0) is 18.9. The Kier molecular flexibility index (Phi) is 5.56. The summed E-state index contributed by atoms with van der Waals surface area (Å²) in [7, 11) is 1.73. The third-order valence-electron chi connectivity index (χ3n) is 6.03. The Morgan fingerprint density at radius 1 is 1.27 bits per heavy atom. The van der Waals surface area contributed by atoms with Crippen LogP contribution >= 0.6 is 0 Å². The van der Waals surface area contributed by atoms with Crippen molar-refractivity contribution in [2.75, 3.05) is 33.3 Å². The normalized spacial score (nSPS) is 20.4. The molecule has 5 heteroatoms. The summed E-state index contributed by atoms with van der Waals surface area (Å²) in [5, 5.41) is 0. The van der Waals surface area contributed by atoms with Gasteiger partial charge in [-0.15, -0.1) is 0 Å². The molecule has 2 aliphatic rings.